The molecule has 0 saturated carbocycles. The largest absolute Gasteiger partial charge is 0.310 e. The van der Waals surface area contributed by atoms with Gasteiger partial charge in [-0.15, -0.1) is 0 Å². The predicted octanol–water partition coefficient (Wildman–Crippen LogP) is 19.2. The van der Waals surface area contributed by atoms with Gasteiger partial charge in [-0.05, 0) is 168 Å². The Morgan fingerprint density at radius 2 is 0.625 bits per heavy atom. The lowest BCUT2D eigenvalue weighted by molar-refractivity contribution is 0.794. The maximum absolute atomic E-state index is 2.58. The third-order valence-electron chi connectivity index (χ3n) is 16.4. The van der Waals surface area contributed by atoms with Crippen LogP contribution in [0.25, 0.3) is 109 Å². The molecule has 16 rings (SSSR count). The van der Waals surface area contributed by atoms with Crippen LogP contribution in [0.4, 0.5) is 17.1 Å². The monoisotopic (exact) mass is 909 g/mol. The summed E-state index contributed by atoms with van der Waals surface area (Å²) in [7, 11) is 0. The number of nitrogens with zero attached hydrogens (tertiary/aromatic N) is 1. The lowest BCUT2D eigenvalue weighted by atomic mass is 9.70. The van der Waals surface area contributed by atoms with Crippen LogP contribution in [0.15, 0.2) is 261 Å². The Morgan fingerprint density at radius 3 is 1.21 bits per heavy atom. The fourth-order valence-electron chi connectivity index (χ4n) is 13.3. The molecule has 0 bridgehead atoms. The molecule has 1 heteroatoms. The van der Waals surface area contributed by atoms with E-state index in [1.165, 1.54) is 131 Å². The summed E-state index contributed by atoms with van der Waals surface area (Å²) in [5.74, 6) is 0. The fraction of sp³-hybridized carbons (Fsp3) is 0.0141. The van der Waals surface area contributed by atoms with Gasteiger partial charge < -0.3 is 4.90 Å². The van der Waals surface area contributed by atoms with Crippen LogP contribution < -0.4 is 4.90 Å². The van der Waals surface area contributed by atoms with E-state index in [1.807, 2.05) is 0 Å². The Bertz CT molecular complexity index is 4570. The molecule has 0 aliphatic heterocycles. The van der Waals surface area contributed by atoms with Crippen LogP contribution in [0.1, 0.15) is 22.3 Å². The minimum absolute atomic E-state index is 0.527. The van der Waals surface area contributed by atoms with E-state index in [0.717, 1.165) is 17.1 Å². The minimum atomic E-state index is -0.527. The molecule has 0 heterocycles. The molecule has 0 fully saturated rings. The van der Waals surface area contributed by atoms with Crippen molar-refractivity contribution in [2.24, 2.45) is 0 Å². The first-order valence-electron chi connectivity index (χ1n) is 25.2. The maximum Gasteiger partial charge on any atom is 0.0726 e. The lowest BCUT2D eigenvalue weighted by Crippen LogP contribution is -2.26. The van der Waals surface area contributed by atoms with Crippen LogP contribution in [0, 0.1) is 0 Å². The maximum atomic E-state index is 2.58. The number of rotatable bonds is 4. The fourth-order valence-corrected chi connectivity index (χ4v) is 13.3. The van der Waals surface area contributed by atoms with Crippen molar-refractivity contribution in [3.8, 4) is 33.4 Å². The van der Waals surface area contributed by atoms with E-state index in [1.54, 1.807) is 0 Å². The van der Waals surface area contributed by atoms with Crippen LogP contribution in [-0.4, -0.2) is 0 Å². The Kier molecular flexibility index (Phi) is 8.16. The number of fused-ring (bicyclic) bond motifs is 22. The SMILES string of the molecule is c1ccc2c(c1)-c1ccccc1C21c2ccccc2-c2cc(-c3ccc4c(ccc5ccccc54)c3)c(N(c3ccc4c(ccc5ccccc54)c3)c3ccc4c5ccccc5c5ccccc5c4c3)cc21. The van der Waals surface area contributed by atoms with Crippen molar-refractivity contribution >= 4 is 92.5 Å². The molecule has 0 atom stereocenters. The van der Waals surface area contributed by atoms with Crippen LogP contribution in [0.2, 0.25) is 0 Å². The molecular formula is C71H43N. The Balaban J connectivity index is 1.05. The summed E-state index contributed by atoms with van der Waals surface area (Å²) >= 11 is 0. The topological polar surface area (TPSA) is 3.24 Å². The Morgan fingerprint density at radius 1 is 0.222 bits per heavy atom. The molecule has 72 heavy (non-hydrogen) atoms. The second-order valence-corrected chi connectivity index (χ2v) is 19.9. The van der Waals surface area contributed by atoms with Gasteiger partial charge in [-0.25, -0.2) is 0 Å². The van der Waals surface area contributed by atoms with E-state index in [-0.39, 0.29) is 0 Å². The van der Waals surface area contributed by atoms with Crippen molar-refractivity contribution in [2.75, 3.05) is 4.90 Å². The average molecular weight is 910 g/mol. The lowest BCUT2D eigenvalue weighted by Gasteiger charge is -2.33. The molecule has 0 amide bonds. The number of hydrogen-bond acceptors (Lipinski definition) is 1. The minimum Gasteiger partial charge on any atom is -0.310 e. The second-order valence-electron chi connectivity index (χ2n) is 19.9. The van der Waals surface area contributed by atoms with Crippen molar-refractivity contribution in [1.82, 2.24) is 0 Å². The van der Waals surface area contributed by atoms with E-state index >= 15 is 0 Å². The van der Waals surface area contributed by atoms with Crippen molar-refractivity contribution in [2.45, 2.75) is 5.41 Å². The van der Waals surface area contributed by atoms with Crippen LogP contribution in [-0.2, 0) is 5.41 Å². The average Bonchev–Trinajstić information content (AvgIpc) is 3.92. The summed E-state index contributed by atoms with van der Waals surface area (Å²) in [4.78, 5) is 2.57. The summed E-state index contributed by atoms with van der Waals surface area (Å²) < 4.78 is 0. The standard InChI is InChI=1S/C71H43N/c1-3-17-51-44(15-1)29-31-46-39-47(33-36-53(46)51)63-42-65-62-25-11-14-28-68(62)71(66-26-12-9-23-60(66)61-24-10-13-27-67(61)71)69(65)43-70(63)72(49-34-37-54-48(40-49)32-30-45-16-2-4-18-52(45)54)50-35-38-59-57-21-6-5-19-55(57)56-20-7-8-22-58(56)64(59)41-50/h1-43H. The summed E-state index contributed by atoms with van der Waals surface area (Å²) in [6, 6.07) is 98.5. The van der Waals surface area contributed by atoms with Crippen LogP contribution in [0.5, 0.6) is 0 Å². The van der Waals surface area contributed by atoms with Gasteiger partial charge in [-0.1, -0.05) is 218 Å². The zero-order chi connectivity index (χ0) is 47.1. The molecule has 1 spiro atoms. The normalized spacial score (nSPS) is 13.1. The van der Waals surface area contributed by atoms with Gasteiger partial charge in [0.1, 0.15) is 0 Å². The second kappa shape index (κ2) is 14.9. The van der Waals surface area contributed by atoms with Gasteiger partial charge in [0.15, 0.2) is 0 Å². The van der Waals surface area contributed by atoms with Gasteiger partial charge >= 0.3 is 0 Å². The van der Waals surface area contributed by atoms with Crippen LogP contribution in [0.3, 0.4) is 0 Å². The number of anilines is 3. The molecule has 2 aliphatic rings. The first kappa shape index (κ1) is 39.5. The molecule has 1 nitrogen and oxygen atoms in total. The van der Waals surface area contributed by atoms with Crippen molar-refractivity contribution in [3.63, 3.8) is 0 Å². The highest BCUT2D eigenvalue weighted by Crippen LogP contribution is 2.64. The molecule has 0 N–H and O–H groups in total. The van der Waals surface area contributed by atoms with E-state index < -0.39 is 5.41 Å². The third-order valence-corrected chi connectivity index (χ3v) is 16.4. The summed E-state index contributed by atoms with van der Waals surface area (Å²) in [5.41, 5.74) is 15.6. The summed E-state index contributed by atoms with van der Waals surface area (Å²) in [6.07, 6.45) is 0. The van der Waals surface area contributed by atoms with E-state index in [0.29, 0.717) is 0 Å². The number of hydrogen-bond donors (Lipinski definition) is 0. The molecule has 0 radical (unpaired) electrons. The highest BCUT2D eigenvalue weighted by atomic mass is 15.1. The van der Waals surface area contributed by atoms with Gasteiger partial charge in [0.25, 0.3) is 0 Å². The molecule has 0 saturated heterocycles. The highest BCUT2D eigenvalue weighted by Gasteiger charge is 2.52. The molecule has 0 aromatic heterocycles. The van der Waals surface area contributed by atoms with Gasteiger partial charge in [-0.2, -0.15) is 0 Å². The molecule has 332 valence electrons. The quantitative estimate of drug-likeness (QED) is 0.159. The van der Waals surface area contributed by atoms with Gasteiger partial charge in [0.2, 0.25) is 0 Å². The van der Waals surface area contributed by atoms with Crippen molar-refractivity contribution in [1.29, 1.82) is 0 Å². The number of benzene rings is 14. The van der Waals surface area contributed by atoms with Crippen molar-refractivity contribution < 1.29 is 0 Å². The van der Waals surface area contributed by atoms with Gasteiger partial charge in [-0.3, -0.25) is 0 Å². The molecule has 0 unspecified atom stereocenters. The third kappa shape index (κ3) is 5.37. The Hall–Kier alpha value is -9.30. The molecule has 14 aromatic carbocycles. The smallest absolute Gasteiger partial charge is 0.0726 e. The summed E-state index contributed by atoms with van der Waals surface area (Å²) in [5, 5.41) is 17.5. The summed E-state index contributed by atoms with van der Waals surface area (Å²) in [6.45, 7) is 0. The molecule has 14 aromatic rings. The molecular weight excluding hydrogens is 867 g/mol. The predicted molar refractivity (Wildman–Crippen MR) is 305 cm³/mol. The first-order valence-corrected chi connectivity index (χ1v) is 25.2. The highest BCUT2D eigenvalue weighted by molar-refractivity contribution is 6.26. The van der Waals surface area contributed by atoms with E-state index in [4.69, 9.17) is 0 Å². The van der Waals surface area contributed by atoms with Gasteiger partial charge in [0, 0.05) is 16.9 Å². The zero-order valence-corrected chi connectivity index (χ0v) is 39.3. The van der Waals surface area contributed by atoms with Crippen molar-refractivity contribution in [3.05, 3.63) is 283 Å². The zero-order valence-electron chi connectivity index (χ0n) is 39.3. The van der Waals surface area contributed by atoms with E-state index in [2.05, 4.69) is 266 Å². The molecule has 2 aliphatic carbocycles. The first-order chi connectivity index (χ1) is 35.7. The van der Waals surface area contributed by atoms with E-state index in [9.17, 15) is 0 Å². The Labute approximate surface area is 417 Å². The van der Waals surface area contributed by atoms with Crippen LogP contribution >= 0.6 is 0 Å². The van der Waals surface area contributed by atoms with Gasteiger partial charge in [0.05, 0.1) is 11.1 Å².